The van der Waals surface area contributed by atoms with Crippen molar-refractivity contribution in [2.24, 2.45) is 0 Å². The van der Waals surface area contributed by atoms with Crippen LogP contribution in [0.3, 0.4) is 0 Å². The Bertz CT molecular complexity index is 585. The highest BCUT2D eigenvalue weighted by molar-refractivity contribution is 9.10. The smallest absolute Gasteiger partial charge is 0.123 e. The van der Waals surface area contributed by atoms with E-state index in [0.717, 1.165) is 21.3 Å². The van der Waals surface area contributed by atoms with Gasteiger partial charge in [-0.3, -0.25) is 0 Å². The maximum atomic E-state index is 10.0. The molecule has 2 aromatic carbocycles. The number of aryl methyl sites for hydroxylation is 3. The molecule has 19 heavy (non-hydrogen) atoms. The van der Waals surface area contributed by atoms with E-state index in [4.69, 9.17) is 0 Å². The Balaban J connectivity index is 2.22. The summed E-state index contributed by atoms with van der Waals surface area (Å²) in [6.07, 6.45) is 0. The van der Waals surface area contributed by atoms with Gasteiger partial charge >= 0.3 is 0 Å². The van der Waals surface area contributed by atoms with E-state index in [1.807, 2.05) is 25.1 Å². The largest absolute Gasteiger partial charge is 0.507 e. The number of benzene rings is 2. The van der Waals surface area contributed by atoms with Crippen LogP contribution in [-0.2, 0) is 6.54 Å². The van der Waals surface area contributed by atoms with Crippen molar-refractivity contribution in [2.75, 3.05) is 5.32 Å². The highest BCUT2D eigenvalue weighted by Crippen LogP contribution is 2.27. The van der Waals surface area contributed by atoms with Gasteiger partial charge in [-0.1, -0.05) is 34.1 Å². The molecule has 0 heterocycles. The molecule has 0 aromatic heterocycles. The van der Waals surface area contributed by atoms with Gasteiger partial charge in [0.1, 0.15) is 5.75 Å². The van der Waals surface area contributed by atoms with Crippen molar-refractivity contribution < 1.29 is 5.11 Å². The van der Waals surface area contributed by atoms with Crippen LogP contribution in [-0.4, -0.2) is 5.11 Å². The molecule has 2 aromatic rings. The Morgan fingerprint density at radius 2 is 1.68 bits per heavy atom. The highest BCUT2D eigenvalue weighted by atomic mass is 79.9. The Labute approximate surface area is 122 Å². The summed E-state index contributed by atoms with van der Waals surface area (Å²) in [5.41, 5.74) is 5.34. The van der Waals surface area contributed by atoms with Crippen molar-refractivity contribution >= 4 is 21.6 Å². The topological polar surface area (TPSA) is 32.3 Å². The van der Waals surface area contributed by atoms with Gasteiger partial charge in [-0.2, -0.15) is 0 Å². The van der Waals surface area contributed by atoms with Crippen molar-refractivity contribution in [2.45, 2.75) is 27.3 Å². The Kier molecular flexibility index (Phi) is 4.15. The first kappa shape index (κ1) is 13.9. The van der Waals surface area contributed by atoms with E-state index in [1.54, 1.807) is 0 Å². The normalized spacial score (nSPS) is 10.5. The van der Waals surface area contributed by atoms with Crippen LogP contribution in [0.4, 0.5) is 5.69 Å². The lowest BCUT2D eigenvalue weighted by molar-refractivity contribution is 0.465. The van der Waals surface area contributed by atoms with Gasteiger partial charge in [0.15, 0.2) is 0 Å². The minimum absolute atomic E-state index is 0.377. The number of nitrogens with one attached hydrogen (secondary N) is 1. The van der Waals surface area contributed by atoms with E-state index in [-0.39, 0.29) is 0 Å². The third kappa shape index (κ3) is 3.10. The fourth-order valence-corrected chi connectivity index (χ4v) is 2.92. The summed E-state index contributed by atoms with van der Waals surface area (Å²) in [5.74, 6) is 0.377. The molecular formula is C16H18BrNO. The summed E-state index contributed by atoms with van der Waals surface area (Å²) >= 11 is 3.50. The molecule has 0 amide bonds. The fraction of sp³-hybridized carbons (Fsp3) is 0.250. The number of para-hydroxylation sites is 1. The fourth-order valence-electron chi connectivity index (χ4n) is 2.24. The van der Waals surface area contributed by atoms with Crippen molar-refractivity contribution in [1.82, 2.24) is 0 Å². The predicted octanol–water partition coefficient (Wildman–Crippen LogP) is 4.69. The molecule has 0 aliphatic rings. The second-order valence-corrected chi connectivity index (χ2v) is 5.77. The van der Waals surface area contributed by atoms with Crippen LogP contribution in [0.15, 0.2) is 34.8 Å². The molecule has 0 spiro atoms. The number of hydrogen-bond donors (Lipinski definition) is 2. The van der Waals surface area contributed by atoms with Crippen LogP contribution in [0.1, 0.15) is 22.3 Å². The van der Waals surface area contributed by atoms with Crippen LogP contribution in [0.2, 0.25) is 0 Å². The van der Waals surface area contributed by atoms with Crippen molar-refractivity contribution in [1.29, 1.82) is 0 Å². The molecule has 0 radical (unpaired) electrons. The first-order valence-corrected chi connectivity index (χ1v) is 7.06. The summed E-state index contributed by atoms with van der Waals surface area (Å²) in [4.78, 5) is 0. The van der Waals surface area contributed by atoms with Crippen LogP contribution < -0.4 is 5.32 Å². The Morgan fingerprint density at radius 3 is 2.32 bits per heavy atom. The van der Waals surface area contributed by atoms with Crippen LogP contribution in [0, 0.1) is 20.8 Å². The molecule has 0 aliphatic heterocycles. The molecule has 0 saturated heterocycles. The standard InChI is InChI=1S/C16H18BrNO/c1-10-5-4-6-13(16(10)19)9-18-15-11(2)7-14(17)8-12(15)3/h4-8,18-19H,9H2,1-3H3. The van der Waals surface area contributed by atoms with E-state index in [1.165, 1.54) is 11.1 Å². The van der Waals surface area contributed by atoms with Gasteiger partial charge in [0, 0.05) is 22.3 Å². The zero-order chi connectivity index (χ0) is 14.0. The average molecular weight is 320 g/mol. The zero-order valence-electron chi connectivity index (χ0n) is 11.4. The maximum Gasteiger partial charge on any atom is 0.123 e. The van der Waals surface area contributed by atoms with Crippen molar-refractivity contribution in [3.05, 3.63) is 57.1 Å². The predicted molar refractivity (Wildman–Crippen MR) is 83.8 cm³/mol. The summed E-state index contributed by atoms with van der Waals surface area (Å²) in [5, 5.41) is 13.4. The second-order valence-electron chi connectivity index (χ2n) is 4.85. The molecule has 0 atom stereocenters. The number of rotatable bonds is 3. The van der Waals surface area contributed by atoms with Crippen LogP contribution in [0.5, 0.6) is 5.75 Å². The average Bonchev–Trinajstić information content (AvgIpc) is 2.33. The molecule has 0 bridgehead atoms. The third-order valence-electron chi connectivity index (χ3n) is 3.27. The minimum Gasteiger partial charge on any atom is -0.507 e. The number of phenols is 1. The molecule has 2 rings (SSSR count). The molecular weight excluding hydrogens is 302 g/mol. The highest BCUT2D eigenvalue weighted by Gasteiger charge is 2.07. The van der Waals surface area contributed by atoms with Crippen molar-refractivity contribution in [3.63, 3.8) is 0 Å². The molecule has 0 aliphatic carbocycles. The van der Waals surface area contributed by atoms with Crippen LogP contribution >= 0.6 is 15.9 Å². The molecule has 2 N–H and O–H groups in total. The first-order chi connectivity index (χ1) is 8.99. The first-order valence-electron chi connectivity index (χ1n) is 6.27. The zero-order valence-corrected chi connectivity index (χ0v) is 13.0. The summed E-state index contributed by atoms with van der Waals surface area (Å²) in [7, 11) is 0. The summed E-state index contributed by atoms with van der Waals surface area (Å²) in [6, 6.07) is 10.00. The molecule has 3 heteroatoms. The third-order valence-corrected chi connectivity index (χ3v) is 3.73. The summed E-state index contributed by atoms with van der Waals surface area (Å²) in [6.45, 7) is 6.69. The van der Waals surface area contributed by atoms with Gasteiger partial charge in [-0.15, -0.1) is 0 Å². The lowest BCUT2D eigenvalue weighted by atomic mass is 10.1. The van der Waals surface area contributed by atoms with Gasteiger partial charge in [-0.25, -0.2) is 0 Å². The van der Waals surface area contributed by atoms with Crippen molar-refractivity contribution in [3.8, 4) is 5.75 Å². The number of aromatic hydroxyl groups is 1. The van der Waals surface area contributed by atoms with E-state index in [2.05, 4.69) is 47.2 Å². The molecule has 100 valence electrons. The number of phenolic OH excluding ortho intramolecular Hbond substituents is 1. The Morgan fingerprint density at radius 1 is 1.05 bits per heavy atom. The SMILES string of the molecule is Cc1cccc(CNc2c(C)cc(Br)cc2C)c1O. The van der Waals surface area contributed by atoms with E-state index >= 15 is 0 Å². The van der Waals surface area contributed by atoms with Gasteiger partial charge < -0.3 is 10.4 Å². The quantitative estimate of drug-likeness (QED) is 0.860. The second kappa shape index (κ2) is 5.66. The van der Waals surface area contributed by atoms with Gasteiger partial charge in [0.2, 0.25) is 0 Å². The lowest BCUT2D eigenvalue weighted by Gasteiger charge is -2.14. The molecule has 0 unspecified atom stereocenters. The minimum atomic E-state index is 0.377. The Hall–Kier alpha value is -1.48. The number of anilines is 1. The molecule has 2 nitrogen and oxygen atoms in total. The monoisotopic (exact) mass is 319 g/mol. The van der Waals surface area contributed by atoms with Crippen LogP contribution in [0.25, 0.3) is 0 Å². The lowest BCUT2D eigenvalue weighted by Crippen LogP contribution is -2.03. The van der Waals surface area contributed by atoms with E-state index in [0.29, 0.717) is 12.3 Å². The van der Waals surface area contributed by atoms with Gasteiger partial charge in [-0.05, 0) is 49.6 Å². The van der Waals surface area contributed by atoms with Gasteiger partial charge in [0.25, 0.3) is 0 Å². The van der Waals surface area contributed by atoms with E-state index in [9.17, 15) is 5.11 Å². The van der Waals surface area contributed by atoms with Gasteiger partial charge in [0.05, 0.1) is 0 Å². The molecule has 0 saturated carbocycles. The van der Waals surface area contributed by atoms with E-state index < -0.39 is 0 Å². The number of halogens is 1. The summed E-state index contributed by atoms with van der Waals surface area (Å²) < 4.78 is 1.09. The maximum absolute atomic E-state index is 10.0. The molecule has 0 fully saturated rings. The number of hydrogen-bond acceptors (Lipinski definition) is 2.